The van der Waals surface area contributed by atoms with E-state index in [0.29, 0.717) is 38.8 Å². The zero-order chi connectivity index (χ0) is 39.9. The summed E-state index contributed by atoms with van der Waals surface area (Å²) in [6, 6.07) is 21.7. The Bertz CT molecular complexity index is 2500. The molecular weight excluding hydrogens is 775 g/mol. The second kappa shape index (κ2) is 13.5. The van der Waals surface area contributed by atoms with Crippen LogP contribution >= 0.6 is 23.2 Å². The quantitative estimate of drug-likeness (QED) is 0.0847. The lowest BCUT2D eigenvalue weighted by Gasteiger charge is -2.51. The number of ether oxygens (including phenoxy) is 2. The zero-order valence-corrected chi connectivity index (χ0v) is 31.6. The Morgan fingerprint density at radius 1 is 0.947 bits per heavy atom. The number of fused-ring (bicyclic) bond motifs is 5. The minimum absolute atomic E-state index is 0.0138. The first-order valence-corrected chi connectivity index (χ1v) is 18.9. The van der Waals surface area contributed by atoms with Crippen molar-refractivity contribution in [2.24, 2.45) is 29.6 Å². The van der Waals surface area contributed by atoms with E-state index in [4.69, 9.17) is 32.7 Å². The molecule has 4 aromatic carbocycles. The molecule has 9 rings (SSSR count). The first kappa shape index (κ1) is 36.5. The highest BCUT2D eigenvalue weighted by atomic mass is 35.5. The summed E-state index contributed by atoms with van der Waals surface area (Å²) in [6.07, 6.45) is 3.86. The molecule has 1 saturated carbocycles. The molecule has 0 radical (unpaired) electrons. The van der Waals surface area contributed by atoms with Crippen LogP contribution in [0.4, 0.5) is 17.1 Å². The van der Waals surface area contributed by atoms with Crippen molar-refractivity contribution in [1.82, 2.24) is 5.01 Å². The molecule has 5 aliphatic rings. The van der Waals surface area contributed by atoms with Gasteiger partial charge in [-0.15, -0.1) is 0 Å². The minimum atomic E-state index is -1.61. The normalized spacial score (nSPS) is 26.1. The third-order valence-corrected chi connectivity index (χ3v) is 12.6. The van der Waals surface area contributed by atoms with Gasteiger partial charge in [0.1, 0.15) is 17.2 Å². The molecule has 2 saturated heterocycles. The van der Waals surface area contributed by atoms with Gasteiger partial charge in [0.05, 0.1) is 57.9 Å². The Balaban J connectivity index is 1.23. The summed E-state index contributed by atoms with van der Waals surface area (Å²) in [5.74, 6) is -5.56. The minimum Gasteiger partial charge on any atom is -0.508 e. The molecule has 4 aromatic rings. The van der Waals surface area contributed by atoms with E-state index in [1.807, 2.05) is 6.08 Å². The molecule has 0 bridgehead atoms. The number of nitrogens with one attached hydrogen (secondary N) is 1. The Labute approximate surface area is 335 Å². The molecule has 288 valence electrons. The fourth-order valence-corrected chi connectivity index (χ4v) is 10.1. The van der Waals surface area contributed by atoms with E-state index in [9.17, 15) is 24.8 Å². The molecule has 13 nitrogen and oxygen atoms in total. The lowest BCUT2D eigenvalue weighted by Crippen LogP contribution is -2.55. The van der Waals surface area contributed by atoms with Crippen LogP contribution in [0.3, 0.4) is 0 Å². The van der Waals surface area contributed by atoms with Crippen LogP contribution in [0.25, 0.3) is 0 Å². The van der Waals surface area contributed by atoms with E-state index < -0.39 is 63.6 Å². The Morgan fingerprint density at radius 2 is 1.74 bits per heavy atom. The molecular formula is C42H32Cl2N4O9. The van der Waals surface area contributed by atoms with Crippen molar-refractivity contribution in [3.63, 3.8) is 0 Å². The van der Waals surface area contributed by atoms with Crippen LogP contribution in [0.2, 0.25) is 10.0 Å². The van der Waals surface area contributed by atoms with Crippen molar-refractivity contribution in [3.05, 3.63) is 140 Å². The number of carbonyl (C=O) groups excluding carboxylic acids is 4. The van der Waals surface area contributed by atoms with Crippen molar-refractivity contribution < 1.29 is 38.7 Å². The fraction of sp³-hybridized carbons (Fsp3) is 0.238. The van der Waals surface area contributed by atoms with Crippen molar-refractivity contribution in [2.75, 3.05) is 17.4 Å². The zero-order valence-electron chi connectivity index (χ0n) is 30.1. The highest BCUT2D eigenvalue weighted by molar-refractivity contribution is 6.36. The number of imide groups is 2. The van der Waals surface area contributed by atoms with Gasteiger partial charge in [0.25, 0.3) is 17.5 Å². The van der Waals surface area contributed by atoms with Crippen molar-refractivity contribution in [1.29, 1.82) is 0 Å². The number of anilines is 2. The van der Waals surface area contributed by atoms with Crippen molar-refractivity contribution in [2.45, 2.75) is 24.7 Å². The predicted octanol–water partition coefficient (Wildman–Crippen LogP) is 7.16. The van der Waals surface area contributed by atoms with Gasteiger partial charge in [0.2, 0.25) is 11.8 Å². The summed E-state index contributed by atoms with van der Waals surface area (Å²) in [7, 11) is 1.52. The maximum absolute atomic E-state index is 15.5. The number of halogens is 2. The fourth-order valence-electron chi connectivity index (χ4n) is 9.66. The number of hydrogen-bond acceptors (Lipinski definition) is 10. The predicted molar refractivity (Wildman–Crippen MR) is 207 cm³/mol. The van der Waals surface area contributed by atoms with Crippen LogP contribution in [0.1, 0.15) is 24.0 Å². The number of nitrogens with zero attached hydrogens (tertiary/aromatic N) is 3. The molecule has 15 heteroatoms. The molecule has 3 aliphatic heterocycles. The lowest BCUT2D eigenvalue weighted by molar-refractivity contribution is -0.384. The average molecular weight is 808 g/mol. The molecule has 3 fully saturated rings. The molecule has 0 spiro atoms. The number of non-ortho nitro benzene ring substituents is 1. The van der Waals surface area contributed by atoms with Gasteiger partial charge < -0.3 is 14.6 Å². The summed E-state index contributed by atoms with van der Waals surface area (Å²) in [5, 5.41) is 23.6. The monoisotopic (exact) mass is 806 g/mol. The number of hydrazine groups is 1. The summed E-state index contributed by atoms with van der Waals surface area (Å²) in [4.78, 5) is 71.4. The SMILES string of the molecule is COc1ccc([C@@]23C(=O)N(Nc4ccc(Cl)cc4Cl)C(=O)[C@@H]2C[C@@H]2C(=CC[C@@H]4C(=O)N(c5cccc([N+](=O)[O-])c5)C(=O)[C@@H]42)[C@@H]3C2=COc3ccc(O)cc3C2)cc1. The Morgan fingerprint density at radius 3 is 2.47 bits per heavy atom. The highest BCUT2D eigenvalue weighted by Gasteiger charge is 2.71. The second-order valence-corrected chi connectivity index (χ2v) is 15.6. The largest absolute Gasteiger partial charge is 0.508 e. The summed E-state index contributed by atoms with van der Waals surface area (Å²) in [5.41, 5.74) is 3.89. The number of nitro benzene ring substituents is 1. The van der Waals surface area contributed by atoms with Gasteiger partial charge >= 0.3 is 0 Å². The highest BCUT2D eigenvalue weighted by Crippen LogP contribution is 2.63. The summed E-state index contributed by atoms with van der Waals surface area (Å²) < 4.78 is 11.6. The second-order valence-electron chi connectivity index (χ2n) is 14.8. The number of phenols is 1. The van der Waals surface area contributed by atoms with Gasteiger partial charge in [-0.1, -0.05) is 53.1 Å². The van der Waals surface area contributed by atoms with E-state index in [0.717, 1.165) is 9.91 Å². The maximum atomic E-state index is 15.5. The number of benzene rings is 4. The van der Waals surface area contributed by atoms with Crippen molar-refractivity contribution >= 4 is 63.9 Å². The number of rotatable bonds is 7. The van der Waals surface area contributed by atoms with Gasteiger partial charge in [-0.3, -0.25) is 34.7 Å². The first-order chi connectivity index (χ1) is 27.4. The van der Waals surface area contributed by atoms with E-state index in [2.05, 4.69) is 5.43 Å². The first-order valence-electron chi connectivity index (χ1n) is 18.2. The number of phenolic OH excluding ortho intramolecular Hbond substituents is 1. The summed E-state index contributed by atoms with van der Waals surface area (Å²) >= 11 is 12.7. The number of nitro groups is 1. The number of aromatic hydroxyl groups is 1. The van der Waals surface area contributed by atoms with E-state index in [1.165, 1.54) is 43.5 Å². The number of allylic oxidation sites excluding steroid dienone is 3. The molecule has 2 aliphatic carbocycles. The third-order valence-electron chi connectivity index (χ3n) is 12.0. The van der Waals surface area contributed by atoms with Crippen LogP contribution in [0, 0.1) is 39.7 Å². The van der Waals surface area contributed by atoms with E-state index in [1.54, 1.807) is 54.8 Å². The number of amides is 4. The smallest absolute Gasteiger partial charge is 0.271 e. The van der Waals surface area contributed by atoms with Gasteiger partial charge in [0, 0.05) is 35.1 Å². The molecule has 4 amide bonds. The molecule has 6 atom stereocenters. The average Bonchev–Trinajstić information content (AvgIpc) is 3.59. The standard InChI is InChI=1S/C42H32Cl2N4O9/c1-56-28-9-5-23(6-10-28)42-32(39(51)47(41(42)53)45-34-13-7-24(43)17-33(34)44)19-31-29(37(42)22-15-21-16-27(49)8-14-35(21)57-20-22)11-12-30-36(31)40(52)46(38(30)50)25-3-2-4-26(18-25)48(54)55/h2-11,13-14,16-18,20,30-32,36-37,45,49H,12,15,19H2,1H3/t30-,31+,32-,36-,37-,42+/m0/s1. The Kier molecular flexibility index (Phi) is 8.63. The van der Waals surface area contributed by atoms with Crippen LogP contribution in [-0.4, -0.2) is 45.8 Å². The summed E-state index contributed by atoms with van der Waals surface area (Å²) in [6.45, 7) is 0. The van der Waals surface area contributed by atoms with Gasteiger partial charge in [-0.25, -0.2) is 4.90 Å². The lowest BCUT2D eigenvalue weighted by atomic mass is 9.48. The van der Waals surface area contributed by atoms with E-state index in [-0.39, 0.29) is 47.1 Å². The van der Waals surface area contributed by atoms with E-state index >= 15 is 9.59 Å². The number of hydrogen-bond donors (Lipinski definition) is 2. The van der Waals surface area contributed by atoms with Crippen molar-refractivity contribution in [3.8, 4) is 17.2 Å². The topological polar surface area (TPSA) is 169 Å². The molecule has 3 heterocycles. The van der Waals surface area contributed by atoms with Crippen LogP contribution in [0.5, 0.6) is 17.2 Å². The Hall–Kier alpha value is -6.18. The molecule has 0 aromatic heterocycles. The van der Waals surface area contributed by atoms with Gasteiger partial charge in [-0.05, 0) is 84.5 Å². The van der Waals surface area contributed by atoms with Crippen LogP contribution < -0.4 is 19.8 Å². The third kappa shape index (κ3) is 5.51. The van der Waals surface area contributed by atoms with Crippen LogP contribution in [-0.2, 0) is 31.0 Å². The maximum Gasteiger partial charge on any atom is 0.271 e. The van der Waals surface area contributed by atoms with Gasteiger partial charge in [0.15, 0.2) is 0 Å². The molecule has 57 heavy (non-hydrogen) atoms. The molecule has 0 unspecified atom stereocenters. The number of carbonyl (C=O) groups is 4. The number of methoxy groups -OCH3 is 1. The molecule has 2 N–H and O–H groups in total. The van der Waals surface area contributed by atoms with Crippen LogP contribution in [0.15, 0.2) is 108 Å². The van der Waals surface area contributed by atoms with Gasteiger partial charge in [-0.2, -0.15) is 5.01 Å².